The number of hydrogen-bond donors (Lipinski definition) is 0. The molecule has 0 atom stereocenters. The van der Waals surface area contributed by atoms with Gasteiger partial charge in [0.2, 0.25) is 0 Å². The molecule has 0 spiro atoms. The van der Waals surface area contributed by atoms with Crippen molar-refractivity contribution in [2.75, 3.05) is 0 Å². The molecule has 0 aliphatic heterocycles. The fraction of sp³-hybridized carbons (Fsp3) is 0.176. The molecule has 0 fully saturated rings. The number of pyridine rings is 1. The molecule has 21 heavy (non-hydrogen) atoms. The Morgan fingerprint density at radius 3 is 2.52 bits per heavy atom. The molecule has 0 aliphatic carbocycles. The Kier molecular flexibility index (Phi) is 2.57. The maximum atomic E-state index is 4.19. The fourth-order valence-electron chi connectivity index (χ4n) is 2.95. The van der Waals surface area contributed by atoms with Crippen LogP contribution in [0.5, 0.6) is 0 Å². The van der Waals surface area contributed by atoms with E-state index in [1.165, 1.54) is 22.3 Å². The Hall–Kier alpha value is -2.62. The Morgan fingerprint density at radius 2 is 1.71 bits per heavy atom. The maximum absolute atomic E-state index is 4.19. The third-order valence-electron chi connectivity index (χ3n) is 3.99. The van der Waals surface area contributed by atoms with Crippen molar-refractivity contribution in [1.82, 2.24) is 19.2 Å². The first kappa shape index (κ1) is 12.1. The minimum absolute atomic E-state index is 0.878. The van der Waals surface area contributed by atoms with Gasteiger partial charge in [-0.3, -0.25) is 4.40 Å². The van der Waals surface area contributed by atoms with Gasteiger partial charge in [-0.1, -0.05) is 30.3 Å². The van der Waals surface area contributed by atoms with Gasteiger partial charge in [0, 0.05) is 12.2 Å². The molecule has 0 saturated carbocycles. The van der Waals surface area contributed by atoms with E-state index in [-0.39, 0.29) is 0 Å². The first-order chi connectivity index (χ1) is 10.2. The second kappa shape index (κ2) is 4.45. The summed E-state index contributed by atoms with van der Waals surface area (Å²) in [5, 5.41) is 8.37. The highest BCUT2D eigenvalue weighted by Gasteiger charge is 2.11. The van der Waals surface area contributed by atoms with Gasteiger partial charge in [0.25, 0.3) is 0 Å². The normalized spacial score (nSPS) is 11.5. The van der Waals surface area contributed by atoms with E-state index in [1.54, 1.807) is 0 Å². The lowest BCUT2D eigenvalue weighted by molar-refractivity contribution is 0.804. The summed E-state index contributed by atoms with van der Waals surface area (Å²) in [6.45, 7) is 5.01. The molecule has 0 saturated heterocycles. The Bertz CT molecular complexity index is 932. The van der Waals surface area contributed by atoms with Crippen LogP contribution in [0.15, 0.2) is 48.5 Å². The van der Waals surface area contributed by atoms with Crippen molar-refractivity contribution in [2.24, 2.45) is 0 Å². The van der Waals surface area contributed by atoms with E-state index in [0.29, 0.717) is 0 Å². The van der Waals surface area contributed by atoms with Gasteiger partial charge < -0.3 is 4.57 Å². The molecule has 4 heteroatoms. The predicted octanol–water partition coefficient (Wildman–Crippen LogP) is 3.35. The first-order valence-electron chi connectivity index (χ1n) is 7.08. The minimum Gasteiger partial charge on any atom is -0.339 e. The molecule has 0 radical (unpaired) electrons. The Balaban J connectivity index is 1.95. The van der Waals surface area contributed by atoms with Gasteiger partial charge in [-0.2, -0.15) is 0 Å². The fourth-order valence-corrected chi connectivity index (χ4v) is 2.95. The van der Waals surface area contributed by atoms with Crippen LogP contribution in [-0.2, 0) is 6.54 Å². The van der Waals surface area contributed by atoms with Gasteiger partial charge in [-0.05, 0) is 37.6 Å². The monoisotopic (exact) mass is 276 g/mol. The maximum Gasteiger partial charge on any atom is 0.161 e. The van der Waals surface area contributed by atoms with Gasteiger partial charge >= 0.3 is 0 Å². The molecule has 4 nitrogen and oxygen atoms in total. The van der Waals surface area contributed by atoms with Crippen LogP contribution in [0.25, 0.3) is 16.7 Å². The lowest BCUT2D eigenvalue weighted by Crippen LogP contribution is -2.01. The highest BCUT2D eigenvalue weighted by atomic mass is 15.2. The van der Waals surface area contributed by atoms with Gasteiger partial charge in [0.05, 0.1) is 11.0 Å². The van der Waals surface area contributed by atoms with Gasteiger partial charge in [-0.25, -0.2) is 0 Å². The molecule has 0 bridgehead atoms. The summed E-state index contributed by atoms with van der Waals surface area (Å²) in [6, 6.07) is 16.9. The molecule has 104 valence electrons. The van der Waals surface area contributed by atoms with E-state index in [0.717, 1.165) is 18.0 Å². The summed E-state index contributed by atoms with van der Waals surface area (Å²) in [5.74, 6) is 0.924. The van der Waals surface area contributed by atoms with E-state index in [1.807, 2.05) is 19.1 Å². The highest BCUT2D eigenvalue weighted by molar-refractivity contribution is 5.81. The number of rotatable bonds is 2. The molecule has 1 aromatic carbocycles. The molecule has 0 N–H and O–H groups in total. The number of nitrogens with zero attached hydrogens (tertiary/aromatic N) is 4. The quantitative estimate of drug-likeness (QED) is 0.563. The van der Waals surface area contributed by atoms with Crippen LogP contribution in [0, 0.1) is 13.8 Å². The number of aryl methyl sites for hydroxylation is 2. The van der Waals surface area contributed by atoms with E-state index < -0.39 is 0 Å². The third-order valence-corrected chi connectivity index (χ3v) is 3.99. The molecule has 3 heterocycles. The zero-order chi connectivity index (χ0) is 14.4. The summed E-state index contributed by atoms with van der Waals surface area (Å²) >= 11 is 0. The molecule has 0 amide bonds. The molecule has 4 aromatic rings. The lowest BCUT2D eigenvalue weighted by atomic mass is 10.2. The molecular formula is C17H16N4. The van der Waals surface area contributed by atoms with Crippen molar-refractivity contribution < 1.29 is 0 Å². The second-order valence-electron chi connectivity index (χ2n) is 5.40. The number of aromatic nitrogens is 4. The van der Waals surface area contributed by atoms with Crippen LogP contribution in [0.1, 0.15) is 17.1 Å². The van der Waals surface area contributed by atoms with Gasteiger partial charge in [0.15, 0.2) is 5.65 Å². The molecular weight excluding hydrogens is 260 g/mol. The molecule has 4 rings (SSSR count). The minimum atomic E-state index is 0.878. The van der Waals surface area contributed by atoms with Gasteiger partial charge in [-0.15, -0.1) is 10.2 Å². The van der Waals surface area contributed by atoms with E-state index >= 15 is 0 Å². The molecule has 0 unspecified atom stereocenters. The summed E-state index contributed by atoms with van der Waals surface area (Å²) in [5.41, 5.74) is 5.83. The van der Waals surface area contributed by atoms with Crippen molar-refractivity contribution in [1.29, 1.82) is 0 Å². The van der Waals surface area contributed by atoms with Crippen LogP contribution in [0.2, 0.25) is 0 Å². The van der Waals surface area contributed by atoms with Crippen LogP contribution < -0.4 is 0 Å². The number of benzene rings is 1. The topological polar surface area (TPSA) is 35.1 Å². The zero-order valence-electron chi connectivity index (χ0n) is 12.1. The third kappa shape index (κ3) is 1.83. The van der Waals surface area contributed by atoms with Crippen LogP contribution >= 0.6 is 0 Å². The van der Waals surface area contributed by atoms with Crippen molar-refractivity contribution >= 4 is 16.7 Å². The van der Waals surface area contributed by atoms with Crippen molar-refractivity contribution in [3.8, 4) is 0 Å². The standard InChI is InChI=1S/C17H16N4/c1-12-10-16-15(8-9-17-19-18-13(2)21(16)17)20(12)11-14-6-4-3-5-7-14/h3-10H,11H2,1-2H3. The summed E-state index contributed by atoms with van der Waals surface area (Å²) < 4.78 is 4.45. The van der Waals surface area contributed by atoms with E-state index in [2.05, 4.69) is 62.5 Å². The van der Waals surface area contributed by atoms with Crippen LogP contribution in [0.3, 0.4) is 0 Å². The Morgan fingerprint density at radius 1 is 0.905 bits per heavy atom. The van der Waals surface area contributed by atoms with E-state index in [4.69, 9.17) is 0 Å². The largest absolute Gasteiger partial charge is 0.339 e. The highest BCUT2D eigenvalue weighted by Crippen LogP contribution is 2.23. The van der Waals surface area contributed by atoms with E-state index in [9.17, 15) is 0 Å². The second-order valence-corrected chi connectivity index (χ2v) is 5.40. The predicted molar refractivity (Wildman–Crippen MR) is 83.5 cm³/mol. The summed E-state index contributed by atoms with van der Waals surface area (Å²) in [7, 11) is 0. The zero-order valence-corrected chi connectivity index (χ0v) is 12.1. The van der Waals surface area contributed by atoms with Crippen molar-refractivity contribution in [2.45, 2.75) is 20.4 Å². The number of hydrogen-bond acceptors (Lipinski definition) is 2. The molecule has 0 aliphatic rings. The summed E-state index contributed by atoms with van der Waals surface area (Å²) in [4.78, 5) is 0. The van der Waals surface area contributed by atoms with Crippen LogP contribution in [-0.4, -0.2) is 19.2 Å². The van der Waals surface area contributed by atoms with Gasteiger partial charge in [0.1, 0.15) is 5.82 Å². The summed E-state index contributed by atoms with van der Waals surface area (Å²) in [6.07, 6.45) is 0. The van der Waals surface area contributed by atoms with Crippen LogP contribution in [0.4, 0.5) is 0 Å². The molecule has 3 aromatic heterocycles. The lowest BCUT2D eigenvalue weighted by Gasteiger charge is -2.08. The first-order valence-corrected chi connectivity index (χ1v) is 7.08. The average molecular weight is 276 g/mol. The average Bonchev–Trinajstić information content (AvgIpc) is 3.02. The smallest absolute Gasteiger partial charge is 0.161 e. The SMILES string of the molecule is Cc1cc2c(ccc3nnc(C)n32)n1Cc1ccccc1. The Labute approximate surface area is 122 Å². The van der Waals surface area contributed by atoms with Crippen molar-refractivity contribution in [3.05, 3.63) is 65.6 Å². The van der Waals surface area contributed by atoms with Crippen molar-refractivity contribution in [3.63, 3.8) is 0 Å². The number of fused-ring (bicyclic) bond motifs is 3.